The third-order valence-electron chi connectivity index (χ3n) is 9.44. The van der Waals surface area contributed by atoms with E-state index in [0.717, 1.165) is 38.5 Å². The van der Waals surface area contributed by atoms with E-state index in [1.165, 1.54) is 0 Å². The van der Waals surface area contributed by atoms with Gasteiger partial charge in [0, 0.05) is 18.8 Å². The zero-order valence-corrected chi connectivity index (χ0v) is 18.0. The first-order valence-electron chi connectivity index (χ1n) is 10.8. The molecule has 0 saturated heterocycles. The third kappa shape index (κ3) is 4.03. The van der Waals surface area contributed by atoms with Crippen molar-refractivity contribution in [1.29, 1.82) is 0 Å². The van der Waals surface area contributed by atoms with Gasteiger partial charge in [0.05, 0.1) is 0 Å². The molecule has 0 aromatic rings. The van der Waals surface area contributed by atoms with Crippen LogP contribution >= 0.6 is 0 Å². The molecule has 8 atom stereocenters. The van der Waals surface area contributed by atoms with Gasteiger partial charge in [0.2, 0.25) is 0 Å². The Labute approximate surface area is 196 Å². The van der Waals surface area contributed by atoms with E-state index in [0.29, 0.717) is 30.0 Å². The number of carbonyl (C=O) groups is 1. The van der Waals surface area contributed by atoms with Gasteiger partial charge in [0.1, 0.15) is 5.78 Å². The van der Waals surface area contributed by atoms with Gasteiger partial charge in [0.25, 0.3) is 0 Å². The first-order valence-corrected chi connectivity index (χ1v) is 12.2. The molecule has 0 heterocycles. The van der Waals surface area contributed by atoms with Crippen LogP contribution in [0.15, 0.2) is 0 Å². The monoisotopic (exact) mass is 438 g/mol. The normalized spacial score (nSPS) is 49.3. The molecule has 0 aromatic carbocycles. The number of ketones is 1. The van der Waals surface area contributed by atoms with E-state index >= 15 is 0 Å². The number of rotatable bonds is 3. The van der Waals surface area contributed by atoms with Crippen LogP contribution in [0.2, 0.25) is 0 Å². The predicted octanol–water partition coefficient (Wildman–Crippen LogP) is 3.09. The summed E-state index contributed by atoms with van der Waals surface area (Å²) >= 11 is 0. The van der Waals surface area contributed by atoms with E-state index in [9.17, 15) is 18.3 Å². The maximum absolute atomic E-state index is 12.2. The molecule has 4 rings (SSSR count). The summed E-state index contributed by atoms with van der Waals surface area (Å²) in [5.41, 5.74) is 0.174. The molecule has 162 valence electrons. The maximum atomic E-state index is 12.2. The van der Waals surface area contributed by atoms with Crippen LogP contribution in [0.1, 0.15) is 78.6 Å². The Morgan fingerprint density at radius 1 is 0.966 bits per heavy atom. The third-order valence-corrected chi connectivity index (χ3v) is 9.96. The van der Waals surface area contributed by atoms with Gasteiger partial charge in [-0.2, -0.15) is 8.42 Å². The Morgan fingerprint density at radius 3 is 2.24 bits per heavy atom. The van der Waals surface area contributed by atoms with Crippen LogP contribution in [0, 0.1) is 40.4 Å². The van der Waals surface area contributed by atoms with E-state index in [1.807, 2.05) is 0 Å². The molecule has 0 aliphatic heterocycles. The molecule has 6 nitrogen and oxygen atoms in total. The van der Waals surface area contributed by atoms with Crippen LogP contribution in [-0.4, -0.2) is 59.2 Å². The SMILES string of the molecule is CC(=O)[C@H]1CCC2[C@H]3CCC4C[C@](O)(OS(=O)(=O)O)CC[C@]4(C)[C@@H]3CC[C@@]21C.[NaH]. The zero-order chi connectivity index (χ0) is 20.5. The number of hydrogen-bond acceptors (Lipinski definition) is 5. The molecule has 0 bridgehead atoms. The van der Waals surface area contributed by atoms with Gasteiger partial charge in [-0.25, -0.2) is 4.18 Å². The van der Waals surface area contributed by atoms with Crippen molar-refractivity contribution < 1.29 is 27.1 Å². The Kier molecular flexibility index (Phi) is 6.51. The Bertz CT molecular complexity index is 771. The molecule has 0 spiro atoms. The van der Waals surface area contributed by atoms with E-state index in [4.69, 9.17) is 4.55 Å². The molecule has 0 amide bonds. The molecule has 2 N–H and O–H groups in total. The van der Waals surface area contributed by atoms with Crippen LogP contribution in [0.3, 0.4) is 0 Å². The minimum absolute atomic E-state index is 0. The number of fused-ring (bicyclic) bond motifs is 5. The summed E-state index contributed by atoms with van der Waals surface area (Å²) in [6.07, 6.45) is 7.52. The van der Waals surface area contributed by atoms with Crippen molar-refractivity contribution in [2.45, 2.75) is 84.3 Å². The Hall–Kier alpha value is 0.500. The van der Waals surface area contributed by atoms with Crippen molar-refractivity contribution in [3.8, 4) is 0 Å². The van der Waals surface area contributed by atoms with E-state index in [1.54, 1.807) is 6.92 Å². The molecule has 0 aromatic heterocycles. The first-order chi connectivity index (χ1) is 12.9. The average molecular weight is 439 g/mol. The van der Waals surface area contributed by atoms with Gasteiger partial charge < -0.3 is 5.11 Å². The molecule has 8 heteroatoms. The van der Waals surface area contributed by atoms with Crippen LogP contribution < -0.4 is 0 Å². The zero-order valence-electron chi connectivity index (χ0n) is 17.2. The number of carbonyl (C=O) groups excluding carboxylic acids is 1. The molecule has 4 fully saturated rings. The summed E-state index contributed by atoms with van der Waals surface area (Å²) in [7, 11) is -4.68. The van der Waals surface area contributed by atoms with Gasteiger partial charge in [-0.05, 0) is 86.4 Å². The van der Waals surface area contributed by atoms with Gasteiger partial charge in [-0.15, -0.1) is 0 Å². The second-order valence-corrected chi connectivity index (χ2v) is 11.6. The van der Waals surface area contributed by atoms with Gasteiger partial charge >= 0.3 is 40.0 Å². The molecule has 29 heavy (non-hydrogen) atoms. The fraction of sp³-hybridized carbons (Fsp3) is 0.952. The predicted molar refractivity (Wildman–Crippen MR) is 111 cm³/mol. The summed E-state index contributed by atoms with van der Waals surface area (Å²) in [5, 5.41) is 10.6. The van der Waals surface area contributed by atoms with E-state index in [-0.39, 0.29) is 65.1 Å². The molecule has 4 aliphatic carbocycles. The van der Waals surface area contributed by atoms with Crippen LogP contribution in [0.25, 0.3) is 0 Å². The fourth-order valence-electron chi connectivity index (χ4n) is 8.15. The molecular formula is C21H35NaO6S. The van der Waals surface area contributed by atoms with Crippen molar-refractivity contribution in [2.75, 3.05) is 0 Å². The van der Waals surface area contributed by atoms with Gasteiger partial charge in [-0.1, -0.05) is 13.8 Å². The summed E-state index contributed by atoms with van der Waals surface area (Å²) in [5.74, 6) is 0.678. The van der Waals surface area contributed by atoms with E-state index < -0.39 is 16.2 Å². The van der Waals surface area contributed by atoms with Crippen LogP contribution in [0.5, 0.6) is 0 Å². The second-order valence-electron chi connectivity index (χ2n) is 10.6. The number of aliphatic hydroxyl groups is 1. The topological polar surface area (TPSA) is 101 Å². The van der Waals surface area contributed by atoms with Gasteiger partial charge in [-0.3, -0.25) is 9.35 Å². The quantitative estimate of drug-likeness (QED) is 0.399. The summed E-state index contributed by atoms with van der Waals surface area (Å²) in [6.45, 7) is 6.39. The van der Waals surface area contributed by atoms with Crippen molar-refractivity contribution >= 4 is 45.7 Å². The molecule has 0 radical (unpaired) electrons. The summed E-state index contributed by atoms with van der Waals surface area (Å²) in [6, 6.07) is 0. The Balaban J connectivity index is 0.00000240. The minimum atomic E-state index is -4.68. The number of hydrogen-bond donors (Lipinski definition) is 2. The van der Waals surface area contributed by atoms with Crippen molar-refractivity contribution in [3.05, 3.63) is 0 Å². The van der Waals surface area contributed by atoms with Gasteiger partial charge in [0.15, 0.2) is 5.79 Å². The van der Waals surface area contributed by atoms with Crippen LogP contribution in [-0.2, 0) is 19.4 Å². The molecule has 2 unspecified atom stereocenters. The summed E-state index contributed by atoms with van der Waals surface area (Å²) < 4.78 is 36.0. The van der Waals surface area contributed by atoms with Crippen molar-refractivity contribution in [3.63, 3.8) is 0 Å². The number of Topliss-reactive ketones (excluding diaryl/α,β-unsaturated/α-hetero) is 1. The summed E-state index contributed by atoms with van der Waals surface area (Å²) in [4.78, 5) is 12.2. The molecular weight excluding hydrogens is 403 g/mol. The molecule has 4 saturated carbocycles. The first kappa shape index (κ1) is 24.1. The fourth-order valence-corrected chi connectivity index (χ4v) is 8.69. The van der Waals surface area contributed by atoms with Crippen molar-refractivity contribution in [2.24, 2.45) is 40.4 Å². The second kappa shape index (κ2) is 7.82. The molecule has 4 aliphatic rings. The van der Waals surface area contributed by atoms with Crippen LogP contribution in [0.4, 0.5) is 0 Å². The van der Waals surface area contributed by atoms with Crippen molar-refractivity contribution in [1.82, 2.24) is 0 Å². The average Bonchev–Trinajstić information content (AvgIpc) is 2.91. The Morgan fingerprint density at radius 2 is 1.62 bits per heavy atom. The van der Waals surface area contributed by atoms with E-state index in [2.05, 4.69) is 18.0 Å². The standard InChI is InChI=1S/C21H34O6S.Na.H/c1-13(22)16-6-7-17-15-5-4-14-12-21(23,27-28(24,25)26)11-10-19(14,2)18(15)8-9-20(16,17)3;;/h14-18,23H,4-12H2,1-3H3,(H,24,25,26);;/t14?,15-,16-,17?,18-,19+,20-,21-;;/m1../s1.